The van der Waals surface area contributed by atoms with Gasteiger partial charge in [0.05, 0.1) is 8.07 Å². The molecule has 2 saturated heterocycles. The summed E-state index contributed by atoms with van der Waals surface area (Å²) < 4.78 is 22.9. The van der Waals surface area contributed by atoms with E-state index in [2.05, 4.69) is 19.6 Å². The summed E-state index contributed by atoms with van der Waals surface area (Å²) in [5.41, 5.74) is -1.01. The van der Waals surface area contributed by atoms with Crippen molar-refractivity contribution < 1.29 is 23.7 Å². The molecule has 20 heavy (non-hydrogen) atoms. The largest absolute Gasteiger partial charge is 0.353 e. The molecule has 4 atom stereocenters. The minimum Gasteiger partial charge on any atom is -0.353 e. The van der Waals surface area contributed by atoms with Crippen LogP contribution in [0.3, 0.4) is 0 Å². The van der Waals surface area contributed by atoms with Crippen molar-refractivity contribution in [3.8, 4) is 0 Å². The van der Waals surface area contributed by atoms with Gasteiger partial charge < -0.3 is 18.9 Å². The molecule has 0 bridgehead atoms. The number of carbonyl (C=O) groups excluding carboxylic acids is 1. The highest BCUT2D eigenvalue weighted by Crippen LogP contribution is 2.51. The van der Waals surface area contributed by atoms with Gasteiger partial charge in [0, 0.05) is 7.11 Å². The number of hydrogen-bond acceptors (Lipinski definition) is 5. The molecule has 0 aromatic rings. The summed E-state index contributed by atoms with van der Waals surface area (Å²) >= 11 is 0. The van der Waals surface area contributed by atoms with Crippen LogP contribution in [0.5, 0.6) is 0 Å². The molecule has 0 saturated carbocycles. The Morgan fingerprint density at radius 2 is 1.85 bits per heavy atom. The van der Waals surface area contributed by atoms with Crippen molar-refractivity contribution in [2.24, 2.45) is 0 Å². The summed E-state index contributed by atoms with van der Waals surface area (Å²) in [5, 5.41) is 0.918. The molecule has 1 spiro atoms. The Labute approximate surface area is 120 Å². The molecule has 0 radical (unpaired) electrons. The Kier molecular flexibility index (Phi) is 2.89. The molecule has 2 fully saturated rings. The molecule has 0 aromatic carbocycles. The Bertz CT molecular complexity index is 492. The summed E-state index contributed by atoms with van der Waals surface area (Å²) in [6.07, 6.45) is 0.599. The maximum absolute atomic E-state index is 12.7. The summed E-state index contributed by atoms with van der Waals surface area (Å²) in [6.45, 7) is 10.1. The van der Waals surface area contributed by atoms with Gasteiger partial charge in [-0.1, -0.05) is 19.6 Å². The third-order valence-electron chi connectivity index (χ3n) is 4.13. The predicted molar refractivity (Wildman–Crippen MR) is 74.9 cm³/mol. The van der Waals surface area contributed by atoms with Crippen LogP contribution < -0.4 is 0 Å². The average Bonchev–Trinajstić information content (AvgIpc) is 2.76. The van der Waals surface area contributed by atoms with Crippen molar-refractivity contribution in [1.29, 1.82) is 0 Å². The predicted octanol–water partition coefficient (Wildman–Crippen LogP) is 1.63. The van der Waals surface area contributed by atoms with Crippen LogP contribution >= 0.6 is 0 Å². The fourth-order valence-corrected chi connectivity index (χ4v) is 4.69. The quantitative estimate of drug-likeness (QED) is 0.725. The number of ether oxygens (including phenoxy) is 4. The van der Waals surface area contributed by atoms with Crippen molar-refractivity contribution in [3.63, 3.8) is 0 Å². The second-order valence-corrected chi connectivity index (χ2v) is 12.2. The van der Waals surface area contributed by atoms with Crippen molar-refractivity contribution >= 4 is 13.9 Å². The van der Waals surface area contributed by atoms with Crippen molar-refractivity contribution in [1.82, 2.24) is 0 Å². The van der Waals surface area contributed by atoms with Crippen LogP contribution in [-0.4, -0.2) is 50.9 Å². The van der Waals surface area contributed by atoms with Gasteiger partial charge >= 0.3 is 0 Å². The van der Waals surface area contributed by atoms with Gasteiger partial charge in [-0.15, -0.1) is 0 Å². The minimum atomic E-state index is -1.65. The van der Waals surface area contributed by atoms with Gasteiger partial charge in [-0.05, 0) is 25.1 Å². The van der Waals surface area contributed by atoms with Crippen LogP contribution in [0.4, 0.5) is 0 Å². The number of hydrogen-bond donors (Lipinski definition) is 0. The second-order valence-electron chi connectivity index (χ2n) is 7.17. The summed E-state index contributed by atoms with van der Waals surface area (Å²) in [6, 6.07) is 0. The smallest absolute Gasteiger partial charge is 0.193 e. The number of fused-ring (bicyclic) bond motifs is 2. The Morgan fingerprint density at radius 1 is 1.20 bits per heavy atom. The Hall–Kier alpha value is -0.533. The maximum atomic E-state index is 12.7. The van der Waals surface area contributed by atoms with Crippen LogP contribution in [0, 0.1) is 0 Å². The van der Waals surface area contributed by atoms with Crippen molar-refractivity contribution in [2.45, 2.75) is 63.4 Å². The zero-order chi connectivity index (χ0) is 14.9. The van der Waals surface area contributed by atoms with Gasteiger partial charge in [-0.25, -0.2) is 0 Å². The number of rotatable bonds is 2. The molecule has 2 heterocycles. The van der Waals surface area contributed by atoms with Crippen LogP contribution in [0.25, 0.3) is 0 Å². The monoisotopic (exact) mass is 298 g/mol. The zero-order valence-electron chi connectivity index (χ0n) is 12.9. The molecule has 112 valence electrons. The Morgan fingerprint density at radius 3 is 2.35 bits per heavy atom. The van der Waals surface area contributed by atoms with E-state index in [0.29, 0.717) is 0 Å². The van der Waals surface area contributed by atoms with E-state index in [4.69, 9.17) is 18.9 Å². The summed E-state index contributed by atoms with van der Waals surface area (Å²) in [5.74, 6) is -0.668. The third kappa shape index (κ3) is 1.79. The van der Waals surface area contributed by atoms with Crippen LogP contribution in [0.2, 0.25) is 19.6 Å². The van der Waals surface area contributed by atoms with Gasteiger partial charge in [-0.3, -0.25) is 4.79 Å². The van der Waals surface area contributed by atoms with E-state index in [-0.39, 0.29) is 11.9 Å². The van der Waals surface area contributed by atoms with E-state index >= 15 is 0 Å². The lowest BCUT2D eigenvalue weighted by Gasteiger charge is -2.41. The molecule has 5 nitrogen and oxygen atoms in total. The normalized spacial score (nSPS) is 42.6. The number of ketones is 1. The fourth-order valence-electron chi connectivity index (χ4n) is 3.16. The molecule has 6 heteroatoms. The first-order valence-electron chi connectivity index (χ1n) is 6.95. The van der Waals surface area contributed by atoms with Crippen molar-refractivity contribution in [3.05, 3.63) is 11.3 Å². The summed E-state index contributed by atoms with van der Waals surface area (Å²) in [7, 11) is -0.0907. The first-order valence-corrected chi connectivity index (χ1v) is 10.5. The van der Waals surface area contributed by atoms with Gasteiger partial charge in [0.25, 0.3) is 0 Å². The van der Waals surface area contributed by atoms with E-state index in [1.165, 1.54) is 0 Å². The molecule has 3 unspecified atom stereocenters. The van der Waals surface area contributed by atoms with Gasteiger partial charge in [0.2, 0.25) is 0 Å². The maximum Gasteiger partial charge on any atom is 0.193 e. The zero-order valence-corrected chi connectivity index (χ0v) is 13.9. The number of Topliss-reactive ketones (excluding diaryl/α,β-unsaturated/α-hetero) is 1. The van der Waals surface area contributed by atoms with Gasteiger partial charge in [0.1, 0.15) is 12.2 Å². The highest BCUT2D eigenvalue weighted by Gasteiger charge is 2.69. The van der Waals surface area contributed by atoms with E-state index in [9.17, 15) is 4.79 Å². The van der Waals surface area contributed by atoms with Crippen LogP contribution in [-0.2, 0) is 23.7 Å². The fraction of sp³-hybridized carbons (Fsp3) is 0.786. The summed E-state index contributed by atoms with van der Waals surface area (Å²) in [4.78, 5) is 12.7. The van der Waals surface area contributed by atoms with Gasteiger partial charge in [-0.2, -0.15) is 0 Å². The molecule has 3 rings (SSSR count). The lowest BCUT2D eigenvalue weighted by molar-refractivity contribution is -0.239. The van der Waals surface area contributed by atoms with Crippen LogP contribution in [0.1, 0.15) is 13.8 Å². The highest BCUT2D eigenvalue weighted by atomic mass is 28.3. The van der Waals surface area contributed by atoms with Gasteiger partial charge in [0.15, 0.2) is 23.5 Å². The topological polar surface area (TPSA) is 54.0 Å². The molecular formula is C14H22O5Si. The van der Waals surface area contributed by atoms with E-state index in [1.807, 2.05) is 19.9 Å². The second kappa shape index (κ2) is 4.01. The highest BCUT2D eigenvalue weighted by molar-refractivity contribution is 6.88. The first-order chi connectivity index (χ1) is 9.11. The average molecular weight is 298 g/mol. The molecular weight excluding hydrogens is 276 g/mol. The molecule has 1 aliphatic carbocycles. The molecule has 2 aliphatic heterocycles. The molecule has 3 aliphatic rings. The number of methoxy groups -OCH3 is 1. The van der Waals surface area contributed by atoms with Crippen molar-refractivity contribution in [2.75, 3.05) is 7.11 Å². The standard InChI is InChI=1S/C14H22O5Si/c1-13(2)17-9-11(18-13)14(19-12(9)16-3)7-8(10(14)15)20(4,5)6/h7,9,11-12H,1-6H3/t9?,11?,12?,14-/m1/s1. The van der Waals surface area contributed by atoms with E-state index < -0.39 is 31.9 Å². The van der Waals surface area contributed by atoms with Crippen LogP contribution in [0.15, 0.2) is 11.3 Å². The van der Waals surface area contributed by atoms with E-state index in [0.717, 1.165) is 5.20 Å². The lowest BCUT2D eigenvalue weighted by Crippen LogP contribution is -2.59. The lowest BCUT2D eigenvalue weighted by atomic mass is 9.81. The molecule has 0 amide bonds. The SMILES string of the molecule is COC1O[C@@]2(C=C([Si](C)(C)C)C2=O)C2OC(C)(C)OC12. The Balaban J connectivity index is 1.97. The first kappa shape index (κ1) is 14.4. The van der Waals surface area contributed by atoms with E-state index in [1.54, 1.807) is 7.11 Å². The number of carbonyl (C=O) groups is 1. The third-order valence-corrected chi connectivity index (χ3v) is 6.12. The molecule has 0 aromatic heterocycles. The minimum absolute atomic E-state index is 0.0486. The molecule has 0 N–H and O–H groups in total.